The Labute approximate surface area is 131 Å². The van der Waals surface area contributed by atoms with Gasteiger partial charge in [0, 0.05) is 6.54 Å². The van der Waals surface area contributed by atoms with Crippen LogP contribution in [-0.4, -0.2) is 17.4 Å². The Hall–Kier alpha value is -1.94. The van der Waals surface area contributed by atoms with Crippen molar-refractivity contribution in [2.75, 3.05) is 6.54 Å². The molecule has 2 N–H and O–H groups in total. The number of hydrogen-bond acceptors (Lipinski definition) is 2. The molecule has 0 aliphatic heterocycles. The van der Waals surface area contributed by atoms with E-state index in [1.54, 1.807) is 0 Å². The van der Waals surface area contributed by atoms with E-state index in [4.69, 9.17) is 12.2 Å². The van der Waals surface area contributed by atoms with Crippen molar-refractivity contribution >= 4 is 33.8 Å². The molecule has 2 aromatic carbocycles. The zero-order valence-corrected chi connectivity index (χ0v) is 13.3. The SMILES string of the molecule is CCCCNC(=S)NN=C(C)c1ccc2ccccc2c1. The fourth-order valence-corrected chi connectivity index (χ4v) is 2.18. The van der Waals surface area contributed by atoms with Crippen molar-refractivity contribution in [1.29, 1.82) is 0 Å². The second kappa shape index (κ2) is 7.74. The van der Waals surface area contributed by atoms with Gasteiger partial charge in [-0.2, -0.15) is 5.10 Å². The van der Waals surface area contributed by atoms with Gasteiger partial charge in [0.15, 0.2) is 5.11 Å². The standard InChI is InChI=1S/C17H21N3S/c1-3-4-11-18-17(21)20-19-13(2)15-10-9-14-7-5-6-8-16(14)12-15/h5-10,12H,3-4,11H2,1-2H3,(H2,18,20,21). The van der Waals surface area contributed by atoms with Crippen LogP contribution in [0.2, 0.25) is 0 Å². The normalized spacial score (nSPS) is 11.4. The molecule has 0 fully saturated rings. The number of fused-ring (bicyclic) bond motifs is 1. The molecule has 4 heteroatoms. The number of nitrogens with one attached hydrogen (secondary N) is 2. The minimum atomic E-state index is 0.573. The van der Waals surface area contributed by atoms with Crippen molar-refractivity contribution in [3.8, 4) is 0 Å². The molecule has 0 unspecified atom stereocenters. The van der Waals surface area contributed by atoms with Crippen LogP contribution in [0.5, 0.6) is 0 Å². The summed E-state index contributed by atoms with van der Waals surface area (Å²) in [5.74, 6) is 0. The Balaban J connectivity index is 2.01. The van der Waals surface area contributed by atoms with Crippen LogP contribution in [0.25, 0.3) is 10.8 Å². The van der Waals surface area contributed by atoms with Gasteiger partial charge in [-0.05, 0) is 48.0 Å². The number of hydrazone groups is 1. The van der Waals surface area contributed by atoms with E-state index in [0.29, 0.717) is 5.11 Å². The first-order valence-electron chi connectivity index (χ1n) is 7.28. The molecule has 0 aliphatic carbocycles. The minimum absolute atomic E-state index is 0.573. The molecule has 0 aromatic heterocycles. The molecule has 0 spiro atoms. The lowest BCUT2D eigenvalue weighted by molar-refractivity contribution is 0.745. The lowest BCUT2D eigenvalue weighted by Crippen LogP contribution is -2.33. The lowest BCUT2D eigenvalue weighted by Gasteiger charge is -2.08. The molecular formula is C17H21N3S. The summed E-state index contributed by atoms with van der Waals surface area (Å²) in [4.78, 5) is 0. The van der Waals surface area contributed by atoms with Crippen LogP contribution in [0.4, 0.5) is 0 Å². The summed E-state index contributed by atoms with van der Waals surface area (Å²) in [7, 11) is 0. The minimum Gasteiger partial charge on any atom is -0.361 e. The van der Waals surface area contributed by atoms with E-state index < -0.39 is 0 Å². The molecule has 0 saturated heterocycles. The first-order valence-corrected chi connectivity index (χ1v) is 7.69. The average molecular weight is 299 g/mol. The molecule has 110 valence electrons. The van der Waals surface area contributed by atoms with Crippen LogP contribution >= 0.6 is 12.2 Å². The van der Waals surface area contributed by atoms with E-state index in [-0.39, 0.29) is 0 Å². The average Bonchev–Trinajstić information content (AvgIpc) is 2.52. The highest BCUT2D eigenvalue weighted by molar-refractivity contribution is 7.80. The summed E-state index contributed by atoms with van der Waals surface area (Å²) in [6.07, 6.45) is 2.25. The van der Waals surface area contributed by atoms with Crippen molar-refractivity contribution < 1.29 is 0 Å². The van der Waals surface area contributed by atoms with Gasteiger partial charge < -0.3 is 5.32 Å². The molecule has 0 radical (unpaired) electrons. The third-order valence-corrected chi connectivity index (χ3v) is 3.54. The van der Waals surface area contributed by atoms with Crippen molar-refractivity contribution in [2.24, 2.45) is 5.10 Å². The van der Waals surface area contributed by atoms with Crippen LogP contribution in [-0.2, 0) is 0 Å². The van der Waals surface area contributed by atoms with Crippen LogP contribution < -0.4 is 10.7 Å². The molecular weight excluding hydrogens is 278 g/mol. The molecule has 0 saturated carbocycles. The topological polar surface area (TPSA) is 36.4 Å². The van der Waals surface area contributed by atoms with Gasteiger partial charge in [0.1, 0.15) is 0 Å². The van der Waals surface area contributed by atoms with Crippen molar-refractivity contribution in [3.05, 3.63) is 48.0 Å². The first kappa shape index (κ1) is 15.4. The largest absolute Gasteiger partial charge is 0.361 e. The van der Waals surface area contributed by atoms with Gasteiger partial charge in [-0.25, -0.2) is 0 Å². The Bertz CT molecular complexity index is 649. The highest BCUT2D eigenvalue weighted by Crippen LogP contribution is 2.16. The van der Waals surface area contributed by atoms with Gasteiger partial charge >= 0.3 is 0 Å². The summed E-state index contributed by atoms with van der Waals surface area (Å²) in [6.45, 7) is 5.01. The summed E-state index contributed by atoms with van der Waals surface area (Å²) in [5, 5.41) is 10.5. The molecule has 2 rings (SSSR count). The monoisotopic (exact) mass is 299 g/mol. The van der Waals surface area contributed by atoms with Crippen molar-refractivity contribution in [3.63, 3.8) is 0 Å². The smallest absolute Gasteiger partial charge is 0.186 e. The Kier molecular flexibility index (Phi) is 5.69. The van der Waals surface area contributed by atoms with E-state index in [1.165, 1.54) is 10.8 Å². The second-order valence-corrected chi connectivity index (χ2v) is 5.39. The maximum atomic E-state index is 5.18. The molecule has 0 atom stereocenters. The highest BCUT2D eigenvalue weighted by atomic mass is 32.1. The predicted octanol–water partition coefficient (Wildman–Crippen LogP) is 3.83. The first-order chi connectivity index (χ1) is 10.2. The van der Waals surface area contributed by atoms with Crippen molar-refractivity contribution in [1.82, 2.24) is 10.7 Å². The molecule has 0 aliphatic rings. The maximum absolute atomic E-state index is 5.18. The third kappa shape index (κ3) is 4.53. The summed E-state index contributed by atoms with van der Waals surface area (Å²) in [6, 6.07) is 14.6. The van der Waals surface area contributed by atoms with Gasteiger partial charge in [0.2, 0.25) is 0 Å². The Morgan fingerprint density at radius 2 is 1.90 bits per heavy atom. The lowest BCUT2D eigenvalue weighted by atomic mass is 10.0. The van der Waals surface area contributed by atoms with Gasteiger partial charge in [-0.15, -0.1) is 0 Å². The molecule has 21 heavy (non-hydrogen) atoms. The zero-order chi connectivity index (χ0) is 15.1. The van der Waals surface area contributed by atoms with Crippen LogP contribution in [0.15, 0.2) is 47.6 Å². The van der Waals surface area contributed by atoms with Gasteiger partial charge in [-0.3, -0.25) is 5.43 Å². The van der Waals surface area contributed by atoms with Crippen LogP contribution in [0.3, 0.4) is 0 Å². The van der Waals surface area contributed by atoms with E-state index in [2.05, 4.69) is 53.1 Å². The fourth-order valence-electron chi connectivity index (χ4n) is 2.03. The molecule has 3 nitrogen and oxygen atoms in total. The number of hydrogen-bond donors (Lipinski definition) is 2. The highest BCUT2D eigenvalue weighted by Gasteiger charge is 2.00. The predicted molar refractivity (Wildman–Crippen MR) is 94.8 cm³/mol. The molecule has 2 aromatic rings. The second-order valence-electron chi connectivity index (χ2n) is 4.98. The Morgan fingerprint density at radius 3 is 2.67 bits per heavy atom. The Morgan fingerprint density at radius 1 is 1.14 bits per heavy atom. The number of thiocarbonyl (C=S) groups is 1. The van der Waals surface area contributed by atoms with Crippen LogP contribution in [0.1, 0.15) is 32.3 Å². The van der Waals surface area contributed by atoms with Gasteiger partial charge in [0.05, 0.1) is 5.71 Å². The van der Waals surface area contributed by atoms with E-state index in [1.807, 2.05) is 19.1 Å². The van der Waals surface area contributed by atoms with Crippen LogP contribution in [0, 0.1) is 0 Å². The summed E-state index contributed by atoms with van der Waals surface area (Å²) < 4.78 is 0. The molecule has 0 amide bonds. The van der Waals surface area contributed by atoms with E-state index >= 15 is 0 Å². The van der Waals surface area contributed by atoms with Crippen molar-refractivity contribution in [2.45, 2.75) is 26.7 Å². The number of nitrogens with zero attached hydrogens (tertiary/aromatic N) is 1. The molecule has 0 bridgehead atoms. The summed E-state index contributed by atoms with van der Waals surface area (Å²) in [5.41, 5.74) is 4.91. The van der Waals surface area contributed by atoms with E-state index in [9.17, 15) is 0 Å². The van der Waals surface area contributed by atoms with Gasteiger partial charge in [-0.1, -0.05) is 49.7 Å². The fraction of sp³-hybridized carbons (Fsp3) is 0.294. The number of benzene rings is 2. The third-order valence-electron chi connectivity index (χ3n) is 3.31. The van der Waals surface area contributed by atoms with Gasteiger partial charge in [0.25, 0.3) is 0 Å². The van der Waals surface area contributed by atoms with E-state index in [0.717, 1.165) is 30.7 Å². The maximum Gasteiger partial charge on any atom is 0.186 e. The molecule has 0 heterocycles. The quantitative estimate of drug-likeness (QED) is 0.381. The zero-order valence-electron chi connectivity index (χ0n) is 12.5. The number of unbranched alkanes of at least 4 members (excludes halogenated alkanes) is 1. The number of rotatable bonds is 5. The summed E-state index contributed by atoms with van der Waals surface area (Å²) >= 11 is 5.18.